The monoisotopic (exact) mass is 247 g/mol. The number of rotatable bonds is 0. The Morgan fingerprint density at radius 2 is 2.25 bits per heavy atom. The number of fused-ring (bicyclic) bond motifs is 1. The van der Waals surface area contributed by atoms with Crippen LogP contribution in [0.2, 0.25) is 0 Å². The third-order valence-electron chi connectivity index (χ3n) is 2.17. The standard InChI is InChI=1S/C9H10BrN.ClH/c1-6-9-3-2-8(10)4-7(9)5-11-6;/h2-4,6,11H,5H2,1H3;1H/t6-;/m1./s1. The van der Waals surface area contributed by atoms with Gasteiger partial charge in [0.2, 0.25) is 0 Å². The van der Waals surface area contributed by atoms with Crippen LogP contribution in [-0.4, -0.2) is 0 Å². The van der Waals surface area contributed by atoms with Gasteiger partial charge in [-0.1, -0.05) is 22.0 Å². The molecule has 1 atom stereocenters. The lowest BCUT2D eigenvalue weighted by Crippen LogP contribution is -2.06. The van der Waals surface area contributed by atoms with E-state index in [1.165, 1.54) is 15.6 Å². The average molecular weight is 249 g/mol. The topological polar surface area (TPSA) is 12.0 Å². The first kappa shape index (κ1) is 10.0. The van der Waals surface area contributed by atoms with Gasteiger partial charge in [-0.05, 0) is 30.2 Å². The molecule has 0 spiro atoms. The Morgan fingerprint density at radius 3 is 3.00 bits per heavy atom. The van der Waals surface area contributed by atoms with Crippen molar-refractivity contribution >= 4 is 28.3 Å². The van der Waals surface area contributed by atoms with Crippen molar-refractivity contribution in [1.82, 2.24) is 5.32 Å². The van der Waals surface area contributed by atoms with Crippen molar-refractivity contribution in [3.8, 4) is 0 Å². The van der Waals surface area contributed by atoms with Crippen molar-refractivity contribution in [3.63, 3.8) is 0 Å². The van der Waals surface area contributed by atoms with Gasteiger partial charge in [-0.2, -0.15) is 0 Å². The molecule has 0 amide bonds. The zero-order valence-electron chi connectivity index (χ0n) is 6.80. The molecule has 0 aromatic heterocycles. The van der Waals surface area contributed by atoms with Crippen LogP contribution in [0.4, 0.5) is 0 Å². The van der Waals surface area contributed by atoms with Gasteiger partial charge in [0.1, 0.15) is 0 Å². The third-order valence-corrected chi connectivity index (χ3v) is 2.66. The maximum atomic E-state index is 3.46. The molecule has 0 saturated carbocycles. The van der Waals surface area contributed by atoms with E-state index in [2.05, 4.69) is 46.4 Å². The molecule has 66 valence electrons. The second-order valence-corrected chi connectivity index (χ2v) is 3.86. The summed E-state index contributed by atoms with van der Waals surface area (Å²) >= 11 is 3.46. The first-order valence-electron chi connectivity index (χ1n) is 3.79. The highest BCUT2D eigenvalue weighted by atomic mass is 79.9. The first-order valence-corrected chi connectivity index (χ1v) is 4.58. The minimum absolute atomic E-state index is 0. The first-order chi connectivity index (χ1) is 5.27. The molecule has 0 unspecified atom stereocenters. The summed E-state index contributed by atoms with van der Waals surface area (Å²) in [5.74, 6) is 0. The zero-order valence-corrected chi connectivity index (χ0v) is 9.21. The molecule has 1 aromatic carbocycles. The molecule has 1 nitrogen and oxygen atoms in total. The van der Waals surface area contributed by atoms with Crippen LogP contribution in [0.5, 0.6) is 0 Å². The van der Waals surface area contributed by atoms with Gasteiger partial charge in [0.15, 0.2) is 0 Å². The predicted molar refractivity (Wildman–Crippen MR) is 56.6 cm³/mol. The lowest BCUT2D eigenvalue weighted by molar-refractivity contribution is 0.633. The molecule has 2 rings (SSSR count). The van der Waals surface area contributed by atoms with Crippen molar-refractivity contribution in [1.29, 1.82) is 0 Å². The highest BCUT2D eigenvalue weighted by Gasteiger charge is 2.16. The fourth-order valence-electron chi connectivity index (χ4n) is 1.52. The maximum Gasteiger partial charge on any atom is 0.0298 e. The minimum Gasteiger partial charge on any atom is -0.306 e. The van der Waals surface area contributed by atoms with E-state index in [1.54, 1.807) is 0 Å². The molecule has 0 aliphatic carbocycles. The van der Waals surface area contributed by atoms with E-state index in [9.17, 15) is 0 Å². The SMILES string of the molecule is C[C@H]1NCc2cc(Br)ccc21.Cl. The van der Waals surface area contributed by atoms with Crippen molar-refractivity contribution < 1.29 is 0 Å². The third kappa shape index (κ3) is 1.65. The normalized spacial score (nSPS) is 20.0. The van der Waals surface area contributed by atoms with Gasteiger partial charge < -0.3 is 5.32 Å². The largest absolute Gasteiger partial charge is 0.306 e. The summed E-state index contributed by atoms with van der Waals surface area (Å²) in [6.07, 6.45) is 0. The Labute approximate surface area is 87.1 Å². The Kier molecular flexibility index (Phi) is 3.16. The van der Waals surface area contributed by atoms with Gasteiger partial charge in [-0.3, -0.25) is 0 Å². The fourth-order valence-corrected chi connectivity index (χ4v) is 1.93. The molecule has 1 N–H and O–H groups in total. The van der Waals surface area contributed by atoms with Crippen LogP contribution in [0.15, 0.2) is 22.7 Å². The zero-order chi connectivity index (χ0) is 7.84. The second kappa shape index (κ2) is 3.77. The van der Waals surface area contributed by atoms with E-state index < -0.39 is 0 Å². The second-order valence-electron chi connectivity index (χ2n) is 2.95. The van der Waals surface area contributed by atoms with Crippen molar-refractivity contribution in [2.45, 2.75) is 19.5 Å². The van der Waals surface area contributed by atoms with Gasteiger partial charge >= 0.3 is 0 Å². The maximum absolute atomic E-state index is 3.46. The van der Waals surface area contributed by atoms with E-state index in [0.29, 0.717) is 6.04 Å². The molecule has 3 heteroatoms. The molecule has 0 bridgehead atoms. The number of hydrogen-bond donors (Lipinski definition) is 1. The van der Waals surface area contributed by atoms with Crippen molar-refractivity contribution in [2.75, 3.05) is 0 Å². The van der Waals surface area contributed by atoms with Crippen LogP contribution >= 0.6 is 28.3 Å². The van der Waals surface area contributed by atoms with E-state index in [0.717, 1.165) is 6.54 Å². The van der Waals surface area contributed by atoms with Crippen LogP contribution in [0.3, 0.4) is 0 Å². The number of hydrogen-bond acceptors (Lipinski definition) is 1. The summed E-state index contributed by atoms with van der Waals surface area (Å²) in [7, 11) is 0. The van der Waals surface area contributed by atoms with E-state index >= 15 is 0 Å². The molecule has 12 heavy (non-hydrogen) atoms. The van der Waals surface area contributed by atoms with E-state index in [-0.39, 0.29) is 12.4 Å². The number of benzene rings is 1. The quantitative estimate of drug-likeness (QED) is 0.744. The molecule has 0 fully saturated rings. The average Bonchev–Trinajstić information content (AvgIpc) is 2.32. The summed E-state index contributed by atoms with van der Waals surface area (Å²) < 4.78 is 1.17. The molecular formula is C9H11BrClN. The van der Waals surface area contributed by atoms with Crippen molar-refractivity contribution in [3.05, 3.63) is 33.8 Å². The van der Waals surface area contributed by atoms with Crippen LogP contribution in [-0.2, 0) is 6.54 Å². The molecule has 1 aromatic rings. The molecular weight excluding hydrogens is 237 g/mol. The molecule has 1 aliphatic heterocycles. The summed E-state index contributed by atoms with van der Waals surface area (Å²) in [6, 6.07) is 7.00. The summed E-state index contributed by atoms with van der Waals surface area (Å²) in [6.45, 7) is 3.20. The minimum atomic E-state index is 0. The van der Waals surface area contributed by atoms with Gasteiger partial charge in [0.05, 0.1) is 0 Å². The van der Waals surface area contributed by atoms with Crippen LogP contribution in [0.25, 0.3) is 0 Å². The Morgan fingerprint density at radius 1 is 1.50 bits per heavy atom. The van der Waals surface area contributed by atoms with Gasteiger partial charge in [0.25, 0.3) is 0 Å². The Bertz CT molecular complexity index is 288. The highest BCUT2D eigenvalue weighted by Crippen LogP contribution is 2.26. The lowest BCUT2D eigenvalue weighted by atomic mass is 10.1. The van der Waals surface area contributed by atoms with Gasteiger partial charge in [0, 0.05) is 17.1 Å². The number of halogens is 2. The molecule has 1 heterocycles. The van der Waals surface area contributed by atoms with E-state index in [4.69, 9.17) is 0 Å². The molecule has 0 saturated heterocycles. The lowest BCUT2D eigenvalue weighted by Gasteiger charge is -2.02. The van der Waals surface area contributed by atoms with Crippen LogP contribution in [0, 0.1) is 0 Å². The molecule has 0 radical (unpaired) electrons. The highest BCUT2D eigenvalue weighted by molar-refractivity contribution is 9.10. The van der Waals surface area contributed by atoms with Crippen LogP contribution < -0.4 is 5.32 Å². The summed E-state index contributed by atoms with van der Waals surface area (Å²) in [5, 5.41) is 3.39. The fraction of sp³-hybridized carbons (Fsp3) is 0.333. The van der Waals surface area contributed by atoms with Crippen LogP contribution in [0.1, 0.15) is 24.1 Å². The molecule has 1 aliphatic rings. The van der Waals surface area contributed by atoms with Gasteiger partial charge in [-0.15, -0.1) is 12.4 Å². The Hall–Kier alpha value is -0.0500. The van der Waals surface area contributed by atoms with E-state index in [1.807, 2.05) is 0 Å². The smallest absolute Gasteiger partial charge is 0.0298 e. The number of nitrogens with one attached hydrogen (secondary N) is 1. The summed E-state index contributed by atoms with van der Waals surface area (Å²) in [5.41, 5.74) is 2.86. The Balaban J connectivity index is 0.000000720. The van der Waals surface area contributed by atoms with Crippen molar-refractivity contribution in [2.24, 2.45) is 0 Å². The van der Waals surface area contributed by atoms with Gasteiger partial charge in [-0.25, -0.2) is 0 Å². The summed E-state index contributed by atoms with van der Waals surface area (Å²) in [4.78, 5) is 0. The predicted octanol–water partition coefficient (Wildman–Crippen LogP) is 3.04.